The Morgan fingerprint density at radius 3 is 2.16 bits per heavy atom. The number of quaternary nitrogens is 2. The molecule has 11 nitrogen and oxygen atoms in total. The third-order valence-electron chi connectivity index (χ3n) is 7.11. The fourth-order valence-corrected chi connectivity index (χ4v) is 5.04. The fraction of sp³-hybridized carbons (Fsp3) is 0.156. The molecule has 1 unspecified atom stereocenters. The topological polar surface area (TPSA) is 139 Å². The van der Waals surface area contributed by atoms with Gasteiger partial charge < -0.3 is 47.0 Å². The summed E-state index contributed by atoms with van der Waals surface area (Å²) < 4.78 is 28.6. The molecule has 4 aromatic rings. The molecular weight excluding hydrogens is 590 g/mol. The summed E-state index contributed by atoms with van der Waals surface area (Å²) in [5, 5.41) is 12.1. The molecule has 0 bridgehead atoms. The number of aromatic nitrogens is 1. The molecular formula is C32H31ClN3O8+. The number of hydrogen-bond donors (Lipinski definition) is 2. The maximum absolute atomic E-state index is 14.3. The Balaban J connectivity index is 0.00000442. The highest BCUT2D eigenvalue weighted by Gasteiger charge is 2.44. The first-order valence-electron chi connectivity index (χ1n) is 13.2. The summed E-state index contributed by atoms with van der Waals surface area (Å²) in [6, 6.07) is 20.4. The summed E-state index contributed by atoms with van der Waals surface area (Å²) in [6.45, 7) is -0.0121. The van der Waals surface area contributed by atoms with Crippen LogP contribution in [0.3, 0.4) is 0 Å². The SMILES string of the molecule is COC(=O)C1=C(c2cc(OC)c(OC)c(OC)c2)c2ccc(OCc3cccc[n+]3[O-])cc2C(=O)[NH+]1c1ccc([NH3+])cc1.[Cl-]. The van der Waals surface area contributed by atoms with Crippen molar-refractivity contribution in [2.45, 2.75) is 6.61 Å². The van der Waals surface area contributed by atoms with Crippen LogP contribution in [0.25, 0.3) is 5.57 Å². The molecule has 228 valence electrons. The van der Waals surface area contributed by atoms with Crippen LogP contribution in [0.1, 0.15) is 27.2 Å². The van der Waals surface area contributed by atoms with Crippen LogP contribution in [0, 0.1) is 5.21 Å². The number of carbonyl (C=O) groups excluding carboxylic acids is 2. The monoisotopic (exact) mass is 620 g/mol. The van der Waals surface area contributed by atoms with Gasteiger partial charge in [-0.05, 0) is 42.0 Å². The Hall–Kier alpha value is -5.10. The zero-order valence-electron chi connectivity index (χ0n) is 24.5. The number of rotatable bonds is 9. The Kier molecular flexibility index (Phi) is 9.74. The zero-order valence-corrected chi connectivity index (χ0v) is 25.3. The average molecular weight is 621 g/mol. The van der Waals surface area contributed by atoms with Crippen molar-refractivity contribution in [3.05, 3.63) is 112 Å². The Bertz CT molecular complexity index is 1720. The summed E-state index contributed by atoms with van der Waals surface area (Å²) in [4.78, 5) is 28.0. The number of pyridine rings is 1. The number of methoxy groups -OCH3 is 4. The lowest BCUT2D eigenvalue weighted by Gasteiger charge is -2.27. The molecule has 12 heteroatoms. The van der Waals surface area contributed by atoms with Crippen LogP contribution in [0.4, 0.5) is 11.4 Å². The largest absolute Gasteiger partial charge is 1.00 e. The van der Waals surface area contributed by atoms with Crippen molar-refractivity contribution >= 4 is 28.8 Å². The van der Waals surface area contributed by atoms with E-state index >= 15 is 0 Å². The molecule has 0 radical (unpaired) electrons. The number of ether oxygens (including phenoxy) is 5. The van der Waals surface area contributed by atoms with E-state index in [1.54, 1.807) is 72.8 Å². The molecule has 0 aliphatic carbocycles. The van der Waals surface area contributed by atoms with Crippen LogP contribution in [-0.4, -0.2) is 40.3 Å². The number of benzene rings is 3. The molecule has 1 aliphatic heterocycles. The van der Waals surface area contributed by atoms with Crippen LogP contribution in [0.2, 0.25) is 0 Å². The first kappa shape index (κ1) is 31.8. The van der Waals surface area contributed by atoms with Crippen molar-refractivity contribution in [2.75, 3.05) is 28.4 Å². The molecule has 1 aromatic heterocycles. The number of carbonyl (C=O) groups is 2. The minimum absolute atomic E-state index is 0. The van der Waals surface area contributed by atoms with E-state index in [2.05, 4.69) is 5.73 Å². The van der Waals surface area contributed by atoms with Gasteiger partial charge in [0, 0.05) is 42.0 Å². The summed E-state index contributed by atoms with van der Waals surface area (Å²) in [5.74, 6) is 0.381. The highest BCUT2D eigenvalue weighted by Crippen LogP contribution is 2.43. The Morgan fingerprint density at radius 1 is 0.886 bits per heavy atom. The second-order valence-electron chi connectivity index (χ2n) is 9.57. The van der Waals surface area contributed by atoms with Gasteiger partial charge in [-0.1, -0.05) is 0 Å². The lowest BCUT2D eigenvalue weighted by atomic mass is 9.87. The zero-order chi connectivity index (χ0) is 30.7. The summed E-state index contributed by atoms with van der Waals surface area (Å²) in [7, 11) is 5.75. The fourth-order valence-electron chi connectivity index (χ4n) is 5.04. The summed E-state index contributed by atoms with van der Waals surface area (Å²) >= 11 is 0. The van der Waals surface area contributed by atoms with E-state index in [9.17, 15) is 14.8 Å². The van der Waals surface area contributed by atoms with Crippen LogP contribution >= 0.6 is 0 Å². The Labute approximate surface area is 260 Å². The van der Waals surface area contributed by atoms with Gasteiger partial charge in [0.2, 0.25) is 17.1 Å². The van der Waals surface area contributed by atoms with Crippen LogP contribution in [0.5, 0.6) is 23.0 Å². The van der Waals surface area contributed by atoms with Gasteiger partial charge in [0.15, 0.2) is 24.3 Å². The molecule has 1 amide bonds. The highest BCUT2D eigenvalue weighted by atomic mass is 35.5. The molecule has 1 aliphatic rings. The van der Waals surface area contributed by atoms with Crippen molar-refractivity contribution in [3.63, 3.8) is 0 Å². The maximum atomic E-state index is 14.3. The normalized spacial score (nSPS) is 13.8. The maximum Gasteiger partial charge on any atom is 0.394 e. The lowest BCUT2D eigenvalue weighted by molar-refractivity contribution is -0.690. The van der Waals surface area contributed by atoms with E-state index in [1.807, 2.05) is 0 Å². The van der Waals surface area contributed by atoms with Gasteiger partial charge in [-0.2, -0.15) is 9.63 Å². The standard InChI is InChI=1S/C32H29N3O8.ClH/c1-39-26-15-19(16-27(40-2)30(26)41-3)28-24-13-12-23(43-18-22-7-5-6-14-34(22)38)17-25(24)31(36)35(29(28)32(37)42-4)21-10-8-20(33)9-11-21;/h5-17H,18,33H2,1-4H3;1H/p+1. The lowest BCUT2D eigenvalue weighted by Crippen LogP contribution is -3.09. The van der Waals surface area contributed by atoms with Crippen molar-refractivity contribution < 1.29 is 61.0 Å². The number of nitrogens with one attached hydrogen (secondary N) is 1. The number of hydrogen-bond acceptors (Lipinski definition) is 8. The van der Waals surface area contributed by atoms with Gasteiger partial charge in [-0.3, -0.25) is 0 Å². The molecule has 0 fully saturated rings. The van der Waals surface area contributed by atoms with Crippen molar-refractivity contribution in [3.8, 4) is 23.0 Å². The van der Waals surface area contributed by atoms with Crippen LogP contribution in [-0.2, 0) is 16.1 Å². The van der Waals surface area contributed by atoms with E-state index in [0.717, 1.165) is 10.4 Å². The molecule has 1 atom stereocenters. The van der Waals surface area contributed by atoms with E-state index in [1.165, 1.54) is 34.6 Å². The Morgan fingerprint density at radius 2 is 1.57 bits per heavy atom. The van der Waals surface area contributed by atoms with Gasteiger partial charge in [0.05, 0.1) is 39.6 Å². The molecule has 5 rings (SSSR count). The first-order valence-corrected chi connectivity index (χ1v) is 13.2. The van der Waals surface area contributed by atoms with E-state index < -0.39 is 11.9 Å². The molecule has 44 heavy (non-hydrogen) atoms. The predicted molar refractivity (Wildman–Crippen MR) is 154 cm³/mol. The second kappa shape index (κ2) is 13.5. The number of fused-ring (bicyclic) bond motifs is 1. The van der Waals surface area contributed by atoms with E-state index in [4.69, 9.17) is 23.7 Å². The molecule has 0 spiro atoms. The third-order valence-corrected chi connectivity index (χ3v) is 7.11. The number of halogens is 1. The van der Waals surface area contributed by atoms with Crippen LogP contribution < -0.4 is 46.7 Å². The average Bonchev–Trinajstić information content (AvgIpc) is 3.03. The smallest absolute Gasteiger partial charge is 0.394 e. The molecule has 4 N–H and O–H groups in total. The van der Waals surface area contributed by atoms with Crippen molar-refractivity contribution in [2.24, 2.45) is 0 Å². The number of amides is 1. The van der Waals surface area contributed by atoms with Gasteiger partial charge in [-0.25, -0.2) is 9.59 Å². The second-order valence-corrected chi connectivity index (χ2v) is 9.57. The molecule has 3 aromatic carbocycles. The minimum Gasteiger partial charge on any atom is -1.00 e. The third kappa shape index (κ3) is 5.88. The molecule has 2 heterocycles. The quantitative estimate of drug-likeness (QED) is 0.140. The van der Waals surface area contributed by atoms with E-state index in [-0.39, 0.29) is 29.6 Å². The summed E-state index contributed by atoms with van der Waals surface area (Å²) in [5.41, 5.74) is 7.40. The minimum atomic E-state index is -0.694. The number of nitrogens with zero attached hydrogens (tertiary/aromatic N) is 1. The molecule has 0 saturated heterocycles. The molecule has 0 saturated carbocycles. The first-order chi connectivity index (χ1) is 20.8. The van der Waals surface area contributed by atoms with E-state index in [0.29, 0.717) is 56.6 Å². The van der Waals surface area contributed by atoms with Crippen molar-refractivity contribution in [1.82, 2.24) is 0 Å². The highest BCUT2D eigenvalue weighted by molar-refractivity contribution is 6.10. The van der Waals surface area contributed by atoms with Gasteiger partial charge in [0.25, 0.3) is 0 Å². The van der Waals surface area contributed by atoms with Crippen LogP contribution in [0.15, 0.2) is 84.7 Å². The summed E-state index contributed by atoms with van der Waals surface area (Å²) in [6.07, 6.45) is 1.39. The van der Waals surface area contributed by atoms with Gasteiger partial charge in [0.1, 0.15) is 17.1 Å². The van der Waals surface area contributed by atoms with Gasteiger partial charge >= 0.3 is 11.9 Å². The van der Waals surface area contributed by atoms with Gasteiger partial charge in [-0.15, -0.1) is 0 Å². The van der Waals surface area contributed by atoms with Crippen molar-refractivity contribution in [1.29, 1.82) is 0 Å². The predicted octanol–water partition coefficient (Wildman–Crippen LogP) is -0.895. The number of esters is 1.